The summed E-state index contributed by atoms with van der Waals surface area (Å²) in [6, 6.07) is -0.0104. The number of nitrogens with two attached hydrogens (primary N) is 2. The van der Waals surface area contributed by atoms with Crippen LogP contribution in [0.4, 0.5) is 0 Å². The average Bonchev–Trinajstić information content (AvgIpc) is 1.89. The van der Waals surface area contributed by atoms with E-state index in [4.69, 9.17) is 11.6 Å². The summed E-state index contributed by atoms with van der Waals surface area (Å²) >= 11 is 0. The number of hydrazine groups is 1. The summed E-state index contributed by atoms with van der Waals surface area (Å²) in [5.41, 5.74) is 8.16. The van der Waals surface area contributed by atoms with Crippen LogP contribution in [0.3, 0.4) is 0 Å². The highest BCUT2D eigenvalue weighted by atomic mass is 15.3. The Morgan fingerprint density at radius 1 is 1.67 bits per heavy atom. The normalized spacial score (nSPS) is 34.9. The SMILES string of the molecule is NNC1NCC=CC1N. The van der Waals surface area contributed by atoms with E-state index < -0.39 is 0 Å². The molecule has 0 aliphatic carbocycles. The van der Waals surface area contributed by atoms with Gasteiger partial charge in [-0.05, 0) is 0 Å². The maximum atomic E-state index is 5.60. The van der Waals surface area contributed by atoms with Gasteiger partial charge in [0.2, 0.25) is 0 Å². The first-order chi connectivity index (χ1) is 4.34. The zero-order valence-electron chi connectivity index (χ0n) is 5.17. The van der Waals surface area contributed by atoms with Crippen LogP contribution in [0, 0.1) is 0 Å². The van der Waals surface area contributed by atoms with Crippen molar-refractivity contribution in [3.63, 3.8) is 0 Å². The van der Waals surface area contributed by atoms with E-state index in [1.54, 1.807) is 0 Å². The monoisotopic (exact) mass is 128 g/mol. The molecule has 0 fully saturated rings. The molecule has 0 spiro atoms. The molecule has 52 valence electrons. The van der Waals surface area contributed by atoms with Crippen molar-refractivity contribution in [1.29, 1.82) is 0 Å². The van der Waals surface area contributed by atoms with Gasteiger partial charge in [0.1, 0.15) is 0 Å². The number of nitrogens with one attached hydrogen (secondary N) is 2. The minimum atomic E-state index is -0.0104. The topological polar surface area (TPSA) is 76.1 Å². The standard InChI is InChI=1S/C5H12N4/c6-4-2-1-3-8-5(4)9-7/h1-2,4-5,8-9H,3,6-7H2. The Balaban J connectivity index is 2.44. The molecule has 0 bridgehead atoms. The second-order valence-electron chi connectivity index (χ2n) is 2.06. The first-order valence-corrected chi connectivity index (χ1v) is 2.96. The molecule has 6 N–H and O–H groups in total. The molecule has 0 radical (unpaired) electrons. The van der Waals surface area contributed by atoms with Crippen LogP contribution in [0.1, 0.15) is 0 Å². The molecule has 4 heteroatoms. The minimum absolute atomic E-state index is 0.0104. The van der Waals surface area contributed by atoms with E-state index >= 15 is 0 Å². The lowest BCUT2D eigenvalue weighted by Gasteiger charge is -2.24. The van der Waals surface area contributed by atoms with Crippen LogP contribution >= 0.6 is 0 Å². The summed E-state index contributed by atoms with van der Waals surface area (Å²) in [5, 5.41) is 3.07. The third-order valence-electron chi connectivity index (χ3n) is 1.38. The van der Waals surface area contributed by atoms with E-state index in [0.29, 0.717) is 0 Å². The van der Waals surface area contributed by atoms with Gasteiger partial charge in [0.15, 0.2) is 0 Å². The van der Waals surface area contributed by atoms with E-state index in [0.717, 1.165) is 6.54 Å². The fourth-order valence-electron chi connectivity index (χ4n) is 0.837. The van der Waals surface area contributed by atoms with Crippen molar-refractivity contribution in [3.8, 4) is 0 Å². The summed E-state index contributed by atoms with van der Waals surface area (Å²) in [6.45, 7) is 0.836. The molecule has 0 saturated carbocycles. The summed E-state index contributed by atoms with van der Waals surface area (Å²) in [5.74, 6) is 5.17. The van der Waals surface area contributed by atoms with Crippen molar-refractivity contribution < 1.29 is 0 Å². The predicted molar refractivity (Wildman–Crippen MR) is 36.2 cm³/mol. The predicted octanol–water partition coefficient (Wildman–Crippen LogP) is -1.74. The molecular weight excluding hydrogens is 116 g/mol. The Labute approximate surface area is 54.3 Å². The zero-order valence-corrected chi connectivity index (χ0v) is 5.17. The van der Waals surface area contributed by atoms with E-state index in [1.807, 2.05) is 12.2 Å². The van der Waals surface area contributed by atoms with E-state index in [-0.39, 0.29) is 12.2 Å². The van der Waals surface area contributed by atoms with Gasteiger partial charge in [0.25, 0.3) is 0 Å². The number of rotatable bonds is 1. The van der Waals surface area contributed by atoms with Crippen molar-refractivity contribution in [2.75, 3.05) is 6.54 Å². The van der Waals surface area contributed by atoms with E-state index in [9.17, 15) is 0 Å². The molecule has 0 aromatic rings. The zero-order chi connectivity index (χ0) is 6.69. The summed E-state index contributed by atoms with van der Waals surface area (Å²) in [6.07, 6.45) is 3.94. The fraction of sp³-hybridized carbons (Fsp3) is 0.600. The first kappa shape index (κ1) is 6.70. The molecule has 2 unspecified atom stereocenters. The van der Waals surface area contributed by atoms with Gasteiger partial charge in [0, 0.05) is 6.54 Å². The lowest BCUT2D eigenvalue weighted by atomic mass is 10.2. The Morgan fingerprint density at radius 2 is 2.44 bits per heavy atom. The van der Waals surface area contributed by atoms with Crippen molar-refractivity contribution in [1.82, 2.24) is 10.7 Å². The van der Waals surface area contributed by atoms with Gasteiger partial charge in [-0.25, -0.2) is 5.43 Å². The Morgan fingerprint density at radius 3 is 2.89 bits per heavy atom. The van der Waals surface area contributed by atoms with Gasteiger partial charge in [-0.2, -0.15) is 0 Å². The lowest BCUT2D eigenvalue weighted by Crippen LogP contribution is -2.57. The summed E-state index contributed by atoms with van der Waals surface area (Å²) in [7, 11) is 0. The molecule has 0 amide bonds. The highest BCUT2D eigenvalue weighted by Gasteiger charge is 2.14. The van der Waals surface area contributed by atoms with Crippen LogP contribution in [0.2, 0.25) is 0 Å². The quantitative estimate of drug-likeness (QED) is 0.192. The minimum Gasteiger partial charge on any atom is -0.322 e. The Kier molecular flexibility index (Phi) is 2.18. The average molecular weight is 128 g/mol. The maximum Gasteiger partial charge on any atom is 0.0893 e. The molecule has 1 aliphatic heterocycles. The highest BCUT2D eigenvalue weighted by molar-refractivity contribution is 5.02. The first-order valence-electron chi connectivity index (χ1n) is 2.96. The molecule has 1 aliphatic rings. The third kappa shape index (κ3) is 1.49. The van der Waals surface area contributed by atoms with Crippen molar-refractivity contribution in [2.24, 2.45) is 11.6 Å². The van der Waals surface area contributed by atoms with Gasteiger partial charge >= 0.3 is 0 Å². The molecule has 0 aromatic carbocycles. The van der Waals surface area contributed by atoms with Crippen LogP contribution in [0.5, 0.6) is 0 Å². The maximum absolute atomic E-state index is 5.60. The van der Waals surface area contributed by atoms with E-state index in [1.165, 1.54) is 0 Å². The van der Waals surface area contributed by atoms with E-state index in [2.05, 4.69) is 10.7 Å². The highest BCUT2D eigenvalue weighted by Crippen LogP contribution is 1.92. The van der Waals surface area contributed by atoms with Gasteiger partial charge in [-0.3, -0.25) is 11.2 Å². The van der Waals surface area contributed by atoms with Crippen LogP contribution < -0.4 is 22.3 Å². The van der Waals surface area contributed by atoms with Gasteiger partial charge in [-0.1, -0.05) is 12.2 Å². The smallest absolute Gasteiger partial charge is 0.0893 e. The van der Waals surface area contributed by atoms with Gasteiger partial charge in [0.05, 0.1) is 12.2 Å². The molecule has 1 heterocycles. The van der Waals surface area contributed by atoms with Crippen molar-refractivity contribution in [3.05, 3.63) is 12.2 Å². The lowest BCUT2D eigenvalue weighted by molar-refractivity contribution is 0.403. The number of hydrogen-bond donors (Lipinski definition) is 4. The number of hydrogen-bond acceptors (Lipinski definition) is 4. The van der Waals surface area contributed by atoms with Gasteiger partial charge < -0.3 is 5.73 Å². The third-order valence-corrected chi connectivity index (χ3v) is 1.38. The molecular formula is C5H12N4. The van der Waals surface area contributed by atoms with Crippen molar-refractivity contribution >= 4 is 0 Å². The van der Waals surface area contributed by atoms with Crippen LogP contribution in [0.15, 0.2) is 12.2 Å². The molecule has 4 nitrogen and oxygen atoms in total. The van der Waals surface area contributed by atoms with Crippen LogP contribution in [-0.4, -0.2) is 18.8 Å². The Bertz CT molecular complexity index is 112. The second kappa shape index (κ2) is 2.93. The fourth-order valence-corrected chi connectivity index (χ4v) is 0.837. The summed E-state index contributed by atoms with van der Waals surface area (Å²) in [4.78, 5) is 0. The second-order valence-corrected chi connectivity index (χ2v) is 2.06. The molecule has 1 rings (SSSR count). The molecule has 9 heavy (non-hydrogen) atoms. The molecule has 2 atom stereocenters. The molecule has 0 aromatic heterocycles. The largest absolute Gasteiger partial charge is 0.322 e. The van der Waals surface area contributed by atoms with Crippen LogP contribution in [-0.2, 0) is 0 Å². The van der Waals surface area contributed by atoms with Crippen LogP contribution in [0.25, 0.3) is 0 Å². The van der Waals surface area contributed by atoms with Gasteiger partial charge in [-0.15, -0.1) is 0 Å². The van der Waals surface area contributed by atoms with Crippen molar-refractivity contribution in [2.45, 2.75) is 12.2 Å². The Hall–Kier alpha value is -0.420. The summed E-state index contributed by atoms with van der Waals surface area (Å²) < 4.78 is 0. The molecule has 0 saturated heterocycles.